The number of nitrogens with one attached hydrogen (secondary N) is 2. The molecule has 9 nitrogen and oxygen atoms in total. The van der Waals surface area contributed by atoms with Gasteiger partial charge in [-0.2, -0.15) is 0 Å². The fourth-order valence-electron chi connectivity index (χ4n) is 4.28. The number of carbonyl (C=O) groups is 5. The minimum absolute atomic E-state index is 0.0909. The maximum Gasteiger partial charge on any atom is 0.261 e. The van der Waals surface area contributed by atoms with Gasteiger partial charge in [-0.3, -0.25) is 28.9 Å². The van der Waals surface area contributed by atoms with E-state index < -0.39 is 17.7 Å². The number of benzene rings is 2. The fourth-order valence-corrected chi connectivity index (χ4v) is 4.28. The van der Waals surface area contributed by atoms with Gasteiger partial charge in [-0.25, -0.2) is 0 Å². The van der Waals surface area contributed by atoms with E-state index in [4.69, 9.17) is 5.73 Å². The molecule has 1 fully saturated rings. The number of nitrogens with two attached hydrogens (primary N) is 1. The molecule has 2 aliphatic rings. The van der Waals surface area contributed by atoms with Crippen LogP contribution >= 0.6 is 0 Å². The number of nitrogens with zero attached hydrogens (tertiary/aromatic N) is 1. The predicted octanol–water partition coefficient (Wildman–Crippen LogP) is 2.08. The van der Waals surface area contributed by atoms with Crippen LogP contribution in [-0.4, -0.2) is 47.0 Å². The SMILES string of the molecule is NC(=O)CNC(=O)c1cccc(NC(=O)c2ccc3c(c2)C(=O)N(C2CCCCC2)C3=O)c1. The molecule has 1 aliphatic heterocycles. The van der Waals surface area contributed by atoms with Crippen LogP contribution in [0.5, 0.6) is 0 Å². The van der Waals surface area contributed by atoms with Crippen molar-refractivity contribution in [2.75, 3.05) is 11.9 Å². The highest BCUT2D eigenvalue weighted by Crippen LogP contribution is 2.31. The normalized spacial score (nSPS) is 15.8. The molecule has 0 spiro atoms. The molecule has 0 saturated heterocycles. The fraction of sp³-hybridized carbons (Fsp3) is 0.292. The molecule has 2 aromatic rings. The molecule has 4 N–H and O–H groups in total. The van der Waals surface area contributed by atoms with Crippen LogP contribution in [0.3, 0.4) is 0 Å². The minimum atomic E-state index is -0.667. The van der Waals surface area contributed by atoms with Gasteiger partial charge in [-0.15, -0.1) is 0 Å². The summed E-state index contributed by atoms with van der Waals surface area (Å²) in [6, 6.07) is 10.6. The standard InChI is InChI=1S/C24H24N4O5/c25-20(29)13-26-21(30)14-5-4-6-16(11-14)27-22(31)15-9-10-18-19(12-15)24(33)28(23(18)32)17-7-2-1-3-8-17/h4-6,9-12,17H,1-3,7-8,13H2,(H2,25,29)(H,26,30)(H,27,31). The van der Waals surface area contributed by atoms with Crippen LogP contribution in [0.2, 0.25) is 0 Å². The van der Waals surface area contributed by atoms with Crippen LogP contribution in [0.25, 0.3) is 0 Å². The number of carbonyl (C=O) groups excluding carboxylic acids is 5. The van der Waals surface area contributed by atoms with Crippen LogP contribution < -0.4 is 16.4 Å². The van der Waals surface area contributed by atoms with Gasteiger partial charge in [0.05, 0.1) is 17.7 Å². The first-order valence-corrected chi connectivity index (χ1v) is 10.8. The zero-order valence-electron chi connectivity index (χ0n) is 17.9. The van der Waals surface area contributed by atoms with E-state index in [-0.39, 0.29) is 41.1 Å². The summed E-state index contributed by atoms with van der Waals surface area (Å²) >= 11 is 0. The van der Waals surface area contributed by atoms with Gasteiger partial charge in [-0.05, 0) is 49.2 Å². The second-order valence-corrected chi connectivity index (χ2v) is 8.22. The number of amides is 5. The number of imide groups is 1. The van der Waals surface area contributed by atoms with E-state index in [1.807, 2.05) is 0 Å². The van der Waals surface area contributed by atoms with E-state index in [0.29, 0.717) is 11.3 Å². The van der Waals surface area contributed by atoms with Gasteiger partial charge >= 0.3 is 0 Å². The summed E-state index contributed by atoms with van der Waals surface area (Å²) < 4.78 is 0. The Morgan fingerprint density at radius 1 is 0.879 bits per heavy atom. The number of primary amides is 1. The molecule has 1 aliphatic carbocycles. The highest BCUT2D eigenvalue weighted by Gasteiger charge is 2.40. The molecule has 170 valence electrons. The Hall–Kier alpha value is -4.01. The highest BCUT2D eigenvalue weighted by atomic mass is 16.2. The molecule has 1 heterocycles. The third kappa shape index (κ3) is 4.62. The van der Waals surface area contributed by atoms with Gasteiger partial charge in [0.25, 0.3) is 23.6 Å². The zero-order valence-corrected chi connectivity index (χ0v) is 17.9. The highest BCUT2D eigenvalue weighted by molar-refractivity contribution is 6.22. The van der Waals surface area contributed by atoms with Crippen molar-refractivity contribution < 1.29 is 24.0 Å². The van der Waals surface area contributed by atoms with Gasteiger partial charge in [-0.1, -0.05) is 25.3 Å². The molecule has 0 atom stereocenters. The largest absolute Gasteiger partial charge is 0.368 e. The average molecular weight is 448 g/mol. The van der Waals surface area contributed by atoms with Crippen LogP contribution in [-0.2, 0) is 4.79 Å². The van der Waals surface area contributed by atoms with E-state index in [9.17, 15) is 24.0 Å². The predicted molar refractivity (Wildman–Crippen MR) is 120 cm³/mol. The number of hydrogen-bond acceptors (Lipinski definition) is 5. The Labute approximate surface area is 190 Å². The molecule has 0 unspecified atom stereocenters. The Balaban J connectivity index is 1.49. The number of anilines is 1. The van der Waals surface area contributed by atoms with Crippen LogP contribution in [0.4, 0.5) is 5.69 Å². The lowest BCUT2D eigenvalue weighted by Crippen LogP contribution is -2.40. The Morgan fingerprint density at radius 3 is 2.30 bits per heavy atom. The summed E-state index contributed by atoms with van der Waals surface area (Å²) in [5, 5.41) is 5.07. The lowest BCUT2D eigenvalue weighted by molar-refractivity contribution is -0.117. The summed E-state index contributed by atoms with van der Waals surface area (Å²) in [5.41, 5.74) is 6.41. The molecule has 0 radical (unpaired) electrons. The molecular weight excluding hydrogens is 424 g/mol. The first-order chi connectivity index (χ1) is 15.8. The van der Waals surface area contributed by atoms with Crippen molar-refractivity contribution in [1.29, 1.82) is 0 Å². The molecule has 0 bridgehead atoms. The Morgan fingerprint density at radius 2 is 1.58 bits per heavy atom. The van der Waals surface area contributed by atoms with E-state index >= 15 is 0 Å². The topological polar surface area (TPSA) is 139 Å². The van der Waals surface area contributed by atoms with Gasteiger partial charge in [0.2, 0.25) is 5.91 Å². The number of hydrogen-bond donors (Lipinski definition) is 3. The third-order valence-electron chi connectivity index (χ3n) is 5.93. The maximum absolute atomic E-state index is 13.0. The van der Waals surface area contributed by atoms with Crippen molar-refractivity contribution in [2.24, 2.45) is 5.73 Å². The summed E-state index contributed by atoms with van der Waals surface area (Å²) in [6.07, 6.45) is 4.71. The smallest absolute Gasteiger partial charge is 0.261 e. The molecule has 2 aromatic carbocycles. The van der Waals surface area contributed by atoms with E-state index in [2.05, 4.69) is 10.6 Å². The first kappa shape index (κ1) is 22.2. The average Bonchev–Trinajstić information content (AvgIpc) is 3.07. The first-order valence-electron chi connectivity index (χ1n) is 10.8. The second-order valence-electron chi connectivity index (χ2n) is 8.22. The molecular formula is C24H24N4O5. The third-order valence-corrected chi connectivity index (χ3v) is 5.93. The summed E-state index contributed by atoms with van der Waals surface area (Å²) in [6.45, 7) is -0.296. The summed E-state index contributed by atoms with van der Waals surface area (Å²) in [5.74, 6) is -2.31. The van der Waals surface area contributed by atoms with Crippen LogP contribution in [0.1, 0.15) is 73.5 Å². The zero-order chi connectivity index (χ0) is 23.5. The Bertz CT molecular complexity index is 1150. The molecule has 9 heteroatoms. The molecule has 5 amide bonds. The van der Waals surface area contributed by atoms with E-state index in [1.165, 1.54) is 35.2 Å². The number of rotatable bonds is 6. The van der Waals surface area contributed by atoms with Crippen LogP contribution in [0.15, 0.2) is 42.5 Å². The summed E-state index contributed by atoms with van der Waals surface area (Å²) in [7, 11) is 0. The van der Waals surface area contributed by atoms with Crippen molar-refractivity contribution in [3.63, 3.8) is 0 Å². The monoisotopic (exact) mass is 448 g/mol. The quantitative estimate of drug-likeness (QED) is 0.581. The van der Waals surface area contributed by atoms with E-state index in [1.54, 1.807) is 12.1 Å². The maximum atomic E-state index is 13.0. The van der Waals surface area contributed by atoms with Crippen molar-refractivity contribution in [3.05, 3.63) is 64.7 Å². The molecule has 1 saturated carbocycles. The van der Waals surface area contributed by atoms with Crippen molar-refractivity contribution in [1.82, 2.24) is 10.2 Å². The number of fused-ring (bicyclic) bond motifs is 1. The van der Waals surface area contributed by atoms with Crippen molar-refractivity contribution in [3.8, 4) is 0 Å². The van der Waals surface area contributed by atoms with Gasteiger partial charge in [0.15, 0.2) is 0 Å². The van der Waals surface area contributed by atoms with Crippen molar-refractivity contribution in [2.45, 2.75) is 38.1 Å². The van der Waals surface area contributed by atoms with E-state index in [0.717, 1.165) is 32.1 Å². The Kier molecular flexibility index (Phi) is 6.21. The van der Waals surface area contributed by atoms with Gasteiger partial charge < -0.3 is 16.4 Å². The van der Waals surface area contributed by atoms with Gasteiger partial charge in [0, 0.05) is 22.9 Å². The van der Waals surface area contributed by atoms with Gasteiger partial charge in [0.1, 0.15) is 0 Å². The lowest BCUT2D eigenvalue weighted by Gasteiger charge is -2.29. The molecule has 33 heavy (non-hydrogen) atoms. The lowest BCUT2D eigenvalue weighted by atomic mass is 9.94. The molecule has 0 aromatic heterocycles. The van der Waals surface area contributed by atoms with Crippen molar-refractivity contribution >= 4 is 35.2 Å². The second kappa shape index (κ2) is 9.23. The summed E-state index contributed by atoms with van der Waals surface area (Å²) in [4.78, 5) is 62.9. The minimum Gasteiger partial charge on any atom is -0.368 e. The molecule has 4 rings (SSSR count). The van der Waals surface area contributed by atoms with Crippen LogP contribution in [0, 0.1) is 0 Å².